The fraction of sp³-hybridized carbons (Fsp3) is 0.250. The number of ether oxygens (including phenoxy) is 1. The monoisotopic (exact) mass is 470 g/mol. The van der Waals surface area contributed by atoms with E-state index < -0.39 is 17.5 Å². The molecule has 0 radical (unpaired) electrons. The van der Waals surface area contributed by atoms with Crippen molar-refractivity contribution in [2.24, 2.45) is 5.41 Å². The quantitative estimate of drug-likeness (QED) is 0.548. The van der Waals surface area contributed by atoms with Gasteiger partial charge in [-0.15, -0.1) is 0 Å². The van der Waals surface area contributed by atoms with Crippen LogP contribution in [0.1, 0.15) is 40.7 Å². The third kappa shape index (κ3) is 4.25. The van der Waals surface area contributed by atoms with Crippen molar-refractivity contribution < 1.29 is 24.2 Å². The maximum absolute atomic E-state index is 12.9. The van der Waals surface area contributed by atoms with Gasteiger partial charge >= 0.3 is 12.1 Å². The molecule has 2 N–H and O–H groups in total. The van der Waals surface area contributed by atoms with Gasteiger partial charge in [-0.25, -0.2) is 4.79 Å². The van der Waals surface area contributed by atoms with E-state index in [-0.39, 0.29) is 25.0 Å². The number of rotatable bonds is 5. The highest BCUT2D eigenvalue weighted by molar-refractivity contribution is 5.97. The first kappa shape index (κ1) is 22.7. The number of likely N-dealkylation sites (tertiary alicyclic amines) is 1. The van der Waals surface area contributed by atoms with Crippen LogP contribution in [0.15, 0.2) is 72.8 Å². The van der Waals surface area contributed by atoms with Crippen LogP contribution in [0.3, 0.4) is 0 Å². The molecule has 5 rings (SSSR count). The van der Waals surface area contributed by atoms with Gasteiger partial charge in [-0.3, -0.25) is 14.9 Å². The molecule has 1 fully saturated rings. The van der Waals surface area contributed by atoms with E-state index in [0.717, 1.165) is 22.3 Å². The number of nitrogens with one attached hydrogen (secondary N) is 1. The summed E-state index contributed by atoms with van der Waals surface area (Å²) >= 11 is 0. The number of carbonyl (C=O) groups is 3. The van der Waals surface area contributed by atoms with Gasteiger partial charge in [0.15, 0.2) is 0 Å². The van der Waals surface area contributed by atoms with Gasteiger partial charge in [0.1, 0.15) is 6.61 Å². The van der Waals surface area contributed by atoms with Gasteiger partial charge < -0.3 is 14.7 Å². The third-order valence-electron chi connectivity index (χ3n) is 6.98. The number of benzene rings is 3. The lowest BCUT2D eigenvalue weighted by Gasteiger charge is -2.20. The van der Waals surface area contributed by atoms with Gasteiger partial charge in [0.2, 0.25) is 0 Å². The normalized spacial score (nSPS) is 18.6. The molecular formula is C28H26N2O5. The van der Waals surface area contributed by atoms with E-state index in [0.29, 0.717) is 24.2 Å². The van der Waals surface area contributed by atoms with E-state index in [2.05, 4.69) is 29.6 Å². The number of carbonyl (C=O) groups excluding carboxylic acids is 2. The van der Waals surface area contributed by atoms with Crippen LogP contribution < -0.4 is 5.32 Å². The van der Waals surface area contributed by atoms with Gasteiger partial charge in [-0.1, -0.05) is 54.6 Å². The maximum atomic E-state index is 12.9. The number of anilines is 1. The van der Waals surface area contributed by atoms with Crippen molar-refractivity contribution in [3.63, 3.8) is 0 Å². The number of aliphatic carboxylic acids is 1. The van der Waals surface area contributed by atoms with Crippen molar-refractivity contribution in [3.05, 3.63) is 89.5 Å². The second kappa shape index (κ2) is 8.91. The van der Waals surface area contributed by atoms with Crippen molar-refractivity contribution in [3.8, 4) is 11.1 Å². The minimum atomic E-state index is -0.938. The molecule has 7 nitrogen and oxygen atoms in total. The van der Waals surface area contributed by atoms with Crippen LogP contribution >= 0.6 is 0 Å². The predicted molar refractivity (Wildman–Crippen MR) is 131 cm³/mol. The molecule has 1 aliphatic heterocycles. The van der Waals surface area contributed by atoms with Crippen LogP contribution in [-0.4, -0.2) is 47.7 Å². The Morgan fingerprint density at radius 3 is 2.29 bits per heavy atom. The molecule has 1 aliphatic carbocycles. The summed E-state index contributed by atoms with van der Waals surface area (Å²) in [5.41, 5.74) is 4.46. The van der Waals surface area contributed by atoms with E-state index in [1.807, 2.05) is 24.3 Å². The highest BCUT2D eigenvalue weighted by Gasteiger charge is 2.42. The lowest BCUT2D eigenvalue weighted by Crippen LogP contribution is -2.34. The molecule has 0 spiro atoms. The van der Waals surface area contributed by atoms with Crippen molar-refractivity contribution in [2.45, 2.75) is 19.3 Å². The molecule has 1 unspecified atom stereocenters. The zero-order chi connectivity index (χ0) is 24.6. The standard InChI is InChI=1S/C28H26N2O5/c1-28(26(32)33)13-14-30(17-28)25(31)18-7-6-8-19(15-18)29-27(34)35-16-24-22-11-4-2-9-20(22)21-10-3-5-12-23(21)24/h2-12,15,24H,13-14,16-17H2,1H3,(H,29,34)(H,32,33). The van der Waals surface area contributed by atoms with Gasteiger partial charge in [0.05, 0.1) is 5.41 Å². The summed E-state index contributed by atoms with van der Waals surface area (Å²) in [6, 6.07) is 22.9. The zero-order valence-electron chi connectivity index (χ0n) is 19.4. The molecule has 0 saturated carbocycles. The first-order valence-corrected chi connectivity index (χ1v) is 11.6. The number of fused-ring (bicyclic) bond motifs is 3. The Labute approximate surface area is 203 Å². The Morgan fingerprint density at radius 1 is 1.00 bits per heavy atom. The molecule has 1 atom stereocenters. The van der Waals surface area contributed by atoms with Gasteiger partial charge in [0, 0.05) is 30.3 Å². The topological polar surface area (TPSA) is 95.9 Å². The molecule has 0 aromatic heterocycles. The van der Waals surface area contributed by atoms with Crippen LogP contribution in [0.5, 0.6) is 0 Å². The molecule has 35 heavy (non-hydrogen) atoms. The maximum Gasteiger partial charge on any atom is 0.411 e. The summed E-state index contributed by atoms with van der Waals surface area (Å²) in [6.45, 7) is 2.38. The van der Waals surface area contributed by atoms with Crippen LogP contribution in [0.4, 0.5) is 10.5 Å². The first-order valence-electron chi connectivity index (χ1n) is 11.6. The molecule has 0 bridgehead atoms. The lowest BCUT2D eigenvalue weighted by molar-refractivity contribution is -0.147. The molecule has 3 aromatic rings. The van der Waals surface area contributed by atoms with Gasteiger partial charge in [0.25, 0.3) is 5.91 Å². The van der Waals surface area contributed by atoms with E-state index in [4.69, 9.17) is 4.74 Å². The summed E-state index contributed by atoms with van der Waals surface area (Å²) < 4.78 is 5.59. The second-order valence-corrected chi connectivity index (χ2v) is 9.37. The first-order chi connectivity index (χ1) is 16.9. The molecule has 2 aliphatic rings. The molecule has 1 heterocycles. The zero-order valence-corrected chi connectivity index (χ0v) is 19.4. The minimum absolute atomic E-state index is 0.0419. The van der Waals surface area contributed by atoms with Crippen LogP contribution in [0.25, 0.3) is 11.1 Å². The lowest BCUT2D eigenvalue weighted by atomic mass is 9.90. The number of hydrogen-bond donors (Lipinski definition) is 2. The number of carboxylic acids is 1. The molecule has 1 saturated heterocycles. The second-order valence-electron chi connectivity index (χ2n) is 9.37. The Morgan fingerprint density at radius 2 is 1.66 bits per heavy atom. The Balaban J connectivity index is 1.24. The Kier molecular flexibility index (Phi) is 5.76. The van der Waals surface area contributed by atoms with Crippen molar-refractivity contribution in [1.29, 1.82) is 0 Å². The minimum Gasteiger partial charge on any atom is -0.481 e. The summed E-state index contributed by atoms with van der Waals surface area (Å²) in [7, 11) is 0. The predicted octanol–water partition coefficient (Wildman–Crippen LogP) is 4.98. The van der Waals surface area contributed by atoms with Crippen molar-refractivity contribution >= 4 is 23.7 Å². The highest BCUT2D eigenvalue weighted by Crippen LogP contribution is 2.44. The van der Waals surface area contributed by atoms with E-state index >= 15 is 0 Å². The molecule has 3 aromatic carbocycles. The average molecular weight is 471 g/mol. The SMILES string of the molecule is CC1(C(=O)O)CCN(C(=O)c2cccc(NC(=O)OCC3c4ccccc4-c4ccccc43)c2)C1. The molecule has 7 heteroatoms. The largest absolute Gasteiger partial charge is 0.481 e. The summed E-state index contributed by atoms with van der Waals surface area (Å²) in [5, 5.41) is 12.1. The summed E-state index contributed by atoms with van der Waals surface area (Å²) in [4.78, 5) is 38.6. The van der Waals surface area contributed by atoms with Crippen LogP contribution in [0, 0.1) is 5.41 Å². The Hall–Kier alpha value is -4.13. The fourth-order valence-electron chi connectivity index (χ4n) is 4.97. The molecule has 2 amide bonds. The average Bonchev–Trinajstić information content (AvgIpc) is 3.42. The number of hydrogen-bond acceptors (Lipinski definition) is 4. The number of carboxylic acid groups (broad SMARTS) is 1. The summed E-state index contributed by atoms with van der Waals surface area (Å²) in [5.74, 6) is -1.20. The van der Waals surface area contributed by atoms with E-state index in [1.165, 1.54) is 0 Å². The highest BCUT2D eigenvalue weighted by atomic mass is 16.5. The third-order valence-corrected chi connectivity index (χ3v) is 6.98. The Bertz CT molecular complexity index is 1270. The van der Waals surface area contributed by atoms with Gasteiger partial charge in [-0.2, -0.15) is 0 Å². The van der Waals surface area contributed by atoms with Gasteiger partial charge in [-0.05, 0) is 53.8 Å². The fourth-order valence-corrected chi connectivity index (χ4v) is 4.97. The van der Waals surface area contributed by atoms with E-state index in [9.17, 15) is 19.5 Å². The van der Waals surface area contributed by atoms with Crippen LogP contribution in [-0.2, 0) is 9.53 Å². The summed E-state index contributed by atoms with van der Waals surface area (Å²) in [6.07, 6.45) is -0.192. The van der Waals surface area contributed by atoms with Crippen molar-refractivity contribution in [1.82, 2.24) is 4.90 Å². The number of amides is 2. The molecular weight excluding hydrogens is 444 g/mol. The van der Waals surface area contributed by atoms with Crippen molar-refractivity contribution in [2.75, 3.05) is 25.0 Å². The smallest absolute Gasteiger partial charge is 0.411 e. The molecule has 178 valence electrons. The number of nitrogens with zero attached hydrogens (tertiary/aromatic N) is 1. The van der Waals surface area contributed by atoms with Crippen LogP contribution in [0.2, 0.25) is 0 Å². The van der Waals surface area contributed by atoms with E-state index in [1.54, 1.807) is 36.1 Å².